The number of carbonyl (C=O) groups is 1. The molecule has 0 fully saturated rings. The van der Waals surface area contributed by atoms with Gasteiger partial charge in [0.15, 0.2) is 0 Å². The lowest BCUT2D eigenvalue weighted by Crippen LogP contribution is -2.31. The largest absolute Gasteiger partial charge is 0.445 e. The van der Waals surface area contributed by atoms with Crippen molar-refractivity contribution in [2.75, 3.05) is 6.73 Å². The zero-order valence-electron chi connectivity index (χ0n) is 11.7. The number of nitrogens with one attached hydrogen (secondary N) is 1. The molecule has 0 aromatic heterocycles. The van der Waals surface area contributed by atoms with Crippen molar-refractivity contribution >= 4 is 6.09 Å². The van der Waals surface area contributed by atoms with Gasteiger partial charge in [-0.15, -0.1) is 0 Å². The molecule has 0 bridgehead atoms. The van der Waals surface area contributed by atoms with Crippen molar-refractivity contribution in [1.82, 2.24) is 5.32 Å². The van der Waals surface area contributed by atoms with Crippen molar-refractivity contribution in [2.45, 2.75) is 18.9 Å². The molecule has 0 aliphatic heterocycles. The average molecular weight is 283 g/mol. The molecule has 1 amide bonds. The first-order valence-electron chi connectivity index (χ1n) is 6.96. The van der Waals surface area contributed by atoms with Gasteiger partial charge in [0.05, 0.1) is 0 Å². The number of aliphatic hydroxyl groups is 1. The number of hydrogen-bond donors (Lipinski definition) is 2. The first kappa shape index (κ1) is 13.6. The first-order chi connectivity index (χ1) is 10.2. The van der Waals surface area contributed by atoms with E-state index in [0.29, 0.717) is 0 Å². The summed E-state index contributed by atoms with van der Waals surface area (Å²) in [5, 5.41) is 11.0. The fourth-order valence-electron chi connectivity index (χ4n) is 3.04. The van der Waals surface area contributed by atoms with Crippen LogP contribution in [0, 0.1) is 0 Å². The summed E-state index contributed by atoms with van der Waals surface area (Å²) in [5.74, 6) is 0.0156. The fourth-order valence-corrected chi connectivity index (χ4v) is 3.04. The maximum Gasteiger partial charge on any atom is 0.409 e. The molecule has 0 saturated heterocycles. The van der Waals surface area contributed by atoms with E-state index in [2.05, 4.69) is 29.6 Å². The fraction of sp³-hybridized carbons (Fsp3) is 0.235. The summed E-state index contributed by atoms with van der Waals surface area (Å²) in [7, 11) is 0. The third kappa shape index (κ3) is 2.38. The summed E-state index contributed by atoms with van der Waals surface area (Å²) < 4.78 is 5.38. The van der Waals surface area contributed by atoms with Crippen LogP contribution in [0.5, 0.6) is 0 Å². The van der Waals surface area contributed by atoms with Crippen molar-refractivity contribution < 1.29 is 14.6 Å². The van der Waals surface area contributed by atoms with Crippen LogP contribution in [0.4, 0.5) is 4.79 Å². The Morgan fingerprint density at radius 1 is 1.14 bits per heavy atom. The summed E-state index contributed by atoms with van der Waals surface area (Å²) in [6.07, 6.45) is -0.923. The third-order valence-electron chi connectivity index (χ3n) is 3.87. The molecule has 3 rings (SSSR count). The van der Waals surface area contributed by atoms with E-state index < -0.39 is 12.8 Å². The minimum absolute atomic E-state index is 0.0156. The lowest BCUT2D eigenvalue weighted by Gasteiger charge is -2.22. The number of aliphatic hydroxyl groups excluding tert-OH is 1. The number of ether oxygens (including phenoxy) is 1. The zero-order chi connectivity index (χ0) is 14.8. The van der Waals surface area contributed by atoms with Crippen molar-refractivity contribution in [3.63, 3.8) is 0 Å². The van der Waals surface area contributed by atoms with Gasteiger partial charge in [-0.05, 0) is 29.2 Å². The molecular weight excluding hydrogens is 266 g/mol. The van der Waals surface area contributed by atoms with Gasteiger partial charge in [-0.3, -0.25) is 5.32 Å². The second-order valence-corrected chi connectivity index (χ2v) is 5.10. The molecule has 0 spiro atoms. The van der Waals surface area contributed by atoms with E-state index in [4.69, 9.17) is 9.84 Å². The highest BCUT2D eigenvalue weighted by molar-refractivity contribution is 5.79. The standard InChI is InChI=1S/C17H17NO3/c1-11(21-17(20)18-10-19)16-14-8-4-2-6-12(14)13-7-3-5-9-15(13)16/h2-9,11,16,19H,10H2,1H3,(H,18,20). The van der Waals surface area contributed by atoms with Crippen LogP contribution in [0.25, 0.3) is 11.1 Å². The van der Waals surface area contributed by atoms with Crippen LogP contribution in [0.1, 0.15) is 24.0 Å². The van der Waals surface area contributed by atoms with E-state index >= 15 is 0 Å². The van der Waals surface area contributed by atoms with E-state index in [1.165, 1.54) is 22.3 Å². The highest BCUT2D eigenvalue weighted by atomic mass is 16.6. The molecule has 0 radical (unpaired) electrons. The Bertz CT molecular complexity index is 623. The molecule has 0 saturated carbocycles. The molecular formula is C17H17NO3. The first-order valence-corrected chi connectivity index (χ1v) is 6.96. The van der Waals surface area contributed by atoms with Gasteiger partial charge in [0.25, 0.3) is 0 Å². The number of amides is 1. The Morgan fingerprint density at radius 2 is 1.67 bits per heavy atom. The lowest BCUT2D eigenvalue weighted by molar-refractivity contribution is 0.0908. The minimum atomic E-state index is -0.605. The molecule has 0 heterocycles. The van der Waals surface area contributed by atoms with Crippen LogP contribution in [-0.2, 0) is 4.74 Å². The molecule has 2 aromatic carbocycles. The van der Waals surface area contributed by atoms with Crippen LogP contribution in [0.2, 0.25) is 0 Å². The van der Waals surface area contributed by atoms with Gasteiger partial charge in [-0.1, -0.05) is 48.5 Å². The summed E-state index contributed by atoms with van der Waals surface area (Å²) >= 11 is 0. The summed E-state index contributed by atoms with van der Waals surface area (Å²) in [6.45, 7) is 1.45. The maximum atomic E-state index is 11.5. The second-order valence-electron chi connectivity index (χ2n) is 5.10. The molecule has 1 atom stereocenters. The van der Waals surface area contributed by atoms with E-state index in [1.807, 2.05) is 31.2 Å². The number of rotatable bonds is 3. The molecule has 4 nitrogen and oxygen atoms in total. The Morgan fingerprint density at radius 3 is 2.19 bits per heavy atom. The smallest absolute Gasteiger partial charge is 0.409 e. The maximum absolute atomic E-state index is 11.5. The number of carbonyl (C=O) groups excluding carboxylic acids is 1. The van der Waals surface area contributed by atoms with Gasteiger partial charge in [-0.2, -0.15) is 0 Å². The number of alkyl carbamates (subject to hydrolysis) is 1. The van der Waals surface area contributed by atoms with Crippen LogP contribution in [0.3, 0.4) is 0 Å². The average Bonchev–Trinajstić information content (AvgIpc) is 2.82. The number of hydrogen-bond acceptors (Lipinski definition) is 3. The monoisotopic (exact) mass is 283 g/mol. The number of benzene rings is 2. The quantitative estimate of drug-likeness (QED) is 0.852. The van der Waals surface area contributed by atoms with E-state index in [0.717, 1.165) is 0 Å². The Balaban J connectivity index is 1.97. The summed E-state index contributed by atoms with van der Waals surface area (Å²) in [6, 6.07) is 16.4. The van der Waals surface area contributed by atoms with Crippen LogP contribution >= 0.6 is 0 Å². The lowest BCUT2D eigenvalue weighted by atomic mass is 9.92. The van der Waals surface area contributed by atoms with Crippen molar-refractivity contribution in [3.05, 3.63) is 59.7 Å². The van der Waals surface area contributed by atoms with Gasteiger partial charge in [0.1, 0.15) is 12.8 Å². The Kier molecular flexibility index (Phi) is 3.62. The van der Waals surface area contributed by atoms with Gasteiger partial charge >= 0.3 is 6.09 Å². The van der Waals surface area contributed by atoms with E-state index in [-0.39, 0.29) is 12.0 Å². The van der Waals surface area contributed by atoms with Crippen LogP contribution in [0.15, 0.2) is 48.5 Å². The van der Waals surface area contributed by atoms with Crippen molar-refractivity contribution in [2.24, 2.45) is 0 Å². The summed E-state index contributed by atoms with van der Waals surface area (Å²) in [4.78, 5) is 11.5. The molecule has 1 unspecified atom stereocenters. The normalized spacial score (nSPS) is 14.2. The molecule has 108 valence electrons. The SMILES string of the molecule is CC(OC(=O)NCO)C1c2ccccc2-c2ccccc21. The predicted octanol–water partition coefficient (Wildman–Crippen LogP) is 2.86. The minimum Gasteiger partial charge on any atom is -0.445 e. The second kappa shape index (κ2) is 5.58. The molecule has 21 heavy (non-hydrogen) atoms. The Labute approximate surface area is 123 Å². The molecule has 4 heteroatoms. The molecule has 2 aromatic rings. The van der Waals surface area contributed by atoms with Gasteiger partial charge in [0, 0.05) is 5.92 Å². The highest BCUT2D eigenvalue weighted by Crippen LogP contribution is 2.46. The van der Waals surface area contributed by atoms with Gasteiger partial charge < -0.3 is 9.84 Å². The number of fused-ring (bicyclic) bond motifs is 3. The van der Waals surface area contributed by atoms with E-state index in [9.17, 15) is 4.79 Å². The summed E-state index contributed by atoms with van der Waals surface area (Å²) in [5.41, 5.74) is 4.72. The van der Waals surface area contributed by atoms with Crippen LogP contribution in [-0.4, -0.2) is 24.0 Å². The van der Waals surface area contributed by atoms with Gasteiger partial charge in [-0.25, -0.2) is 4.79 Å². The third-order valence-corrected chi connectivity index (χ3v) is 3.87. The van der Waals surface area contributed by atoms with Crippen molar-refractivity contribution in [3.8, 4) is 11.1 Å². The van der Waals surface area contributed by atoms with Crippen molar-refractivity contribution in [1.29, 1.82) is 0 Å². The topological polar surface area (TPSA) is 58.6 Å². The highest BCUT2D eigenvalue weighted by Gasteiger charge is 2.33. The van der Waals surface area contributed by atoms with Gasteiger partial charge in [0.2, 0.25) is 0 Å². The Hall–Kier alpha value is -2.33. The van der Waals surface area contributed by atoms with E-state index in [1.54, 1.807) is 0 Å². The molecule has 1 aliphatic rings. The molecule has 1 aliphatic carbocycles. The predicted molar refractivity (Wildman–Crippen MR) is 79.9 cm³/mol. The van der Waals surface area contributed by atoms with Crippen LogP contribution < -0.4 is 5.32 Å². The zero-order valence-corrected chi connectivity index (χ0v) is 11.7. The molecule has 2 N–H and O–H groups in total.